The summed E-state index contributed by atoms with van der Waals surface area (Å²) in [6.07, 6.45) is 7.08. The minimum atomic E-state index is -0.114. The number of hydrogen-bond acceptors (Lipinski definition) is 4. The van der Waals surface area contributed by atoms with E-state index < -0.39 is 0 Å². The molecule has 0 aromatic heterocycles. The normalized spacial score (nSPS) is 25.0. The third-order valence-corrected chi connectivity index (χ3v) is 7.30. The van der Waals surface area contributed by atoms with Crippen LogP contribution in [0.25, 0.3) is 10.8 Å². The molecule has 4 heteroatoms. The van der Waals surface area contributed by atoms with E-state index in [1.807, 2.05) is 0 Å². The lowest BCUT2D eigenvalue weighted by Crippen LogP contribution is -2.36. The fourth-order valence-corrected chi connectivity index (χ4v) is 5.34. The highest BCUT2D eigenvalue weighted by Crippen LogP contribution is 2.39. The summed E-state index contributed by atoms with van der Waals surface area (Å²) in [5.74, 6) is 1.66. The van der Waals surface area contributed by atoms with Gasteiger partial charge in [-0.1, -0.05) is 39.0 Å². The standard InChI is InChI=1S/C27H37NO3/c1-27(2,3)22-10-13-23(14-11-22)31-24-12-9-20-16-19(7-8-21(20)17-24)18-28-15-5-6-25(28)26(29)30-4/h7-9,12,16-17,22-23,25H,5-6,10-11,13-15,18H2,1-4H3/t22-,23-,25-/m0/s1. The Morgan fingerprint density at radius 3 is 2.42 bits per heavy atom. The number of rotatable bonds is 5. The summed E-state index contributed by atoms with van der Waals surface area (Å²) in [6.45, 7) is 8.80. The van der Waals surface area contributed by atoms with Gasteiger partial charge < -0.3 is 9.47 Å². The Morgan fingerprint density at radius 2 is 1.71 bits per heavy atom. The average Bonchev–Trinajstić information content (AvgIpc) is 3.21. The van der Waals surface area contributed by atoms with Crippen LogP contribution in [0.2, 0.25) is 0 Å². The number of benzene rings is 2. The number of nitrogens with zero attached hydrogens (tertiary/aromatic N) is 1. The van der Waals surface area contributed by atoms with E-state index in [0.717, 1.165) is 50.4 Å². The number of carbonyl (C=O) groups excluding carboxylic acids is 1. The number of carbonyl (C=O) groups is 1. The highest BCUT2D eigenvalue weighted by atomic mass is 16.5. The van der Waals surface area contributed by atoms with Crippen molar-refractivity contribution in [2.75, 3.05) is 13.7 Å². The first kappa shape index (κ1) is 22.1. The molecule has 0 radical (unpaired) electrons. The molecular weight excluding hydrogens is 386 g/mol. The fraction of sp³-hybridized carbons (Fsp3) is 0.593. The summed E-state index contributed by atoms with van der Waals surface area (Å²) in [5.41, 5.74) is 1.63. The second-order valence-corrected chi connectivity index (χ2v) is 10.5. The molecule has 1 saturated carbocycles. The van der Waals surface area contributed by atoms with E-state index in [2.05, 4.69) is 62.1 Å². The van der Waals surface area contributed by atoms with E-state index in [1.165, 1.54) is 36.3 Å². The maximum absolute atomic E-state index is 12.0. The number of fused-ring (bicyclic) bond motifs is 1. The predicted octanol–water partition coefficient (Wildman–Crippen LogP) is 5.96. The highest BCUT2D eigenvalue weighted by molar-refractivity contribution is 5.84. The summed E-state index contributed by atoms with van der Waals surface area (Å²) >= 11 is 0. The fourth-order valence-electron chi connectivity index (χ4n) is 5.34. The number of likely N-dealkylation sites (tertiary alicyclic amines) is 1. The van der Waals surface area contributed by atoms with Crippen LogP contribution in [0.4, 0.5) is 0 Å². The molecule has 4 rings (SSSR count). The maximum atomic E-state index is 12.0. The number of hydrogen-bond donors (Lipinski definition) is 0. The van der Waals surface area contributed by atoms with Gasteiger partial charge in [0.1, 0.15) is 11.8 Å². The zero-order valence-electron chi connectivity index (χ0n) is 19.5. The number of ether oxygens (including phenoxy) is 2. The molecule has 1 aliphatic carbocycles. The molecule has 0 spiro atoms. The Hall–Kier alpha value is -2.07. The molecule has 2 aromatic carbocycles. The van der Waals surface area contributed by atoms with Crippen LogP contribution in [-0.2, 0) is 16.1 Å². The van der Waals surface area contributed by atoms with Crippen LogP contribution in [0.1, 0.15) is 64.9 Å². The molecule has 168 valence electrons. The van der Waals surface area contributed by atoms with Crippen LogP contribution in [-0.4, -0.2) is 36.7 Å². The zero-order chi connectivity index (χ0) is 22.0. The number of esters is 1. The molecule has 2 aromatic rings. The lowest BCUT2D eigenvalue weighted by Gasteiger charge is -2.37. The second kappa shape index (κ2) is 9.20. The van der Waals surface area contributed by atoms with Crippen molar-refractivity contribution in [1.82, 2.24) is 4.90 Å². The van der Waals surface area contributed by atoms with Crippen molar-refractivity contribution in [2.24, 2.45) is 11.3 Å². The van der Waals surface area contributed by atoms with Gasteiger partial charge in [0, 0.05) is 6.54 Å². The van der Waals surface area contributed by atoms with Crippen molar-refractivity contribution >= 4 is 16.7 Å². The van der Waals surface area contributed by atoms with Gasteiger partial charge in [-0.3, -0.25) is 9.69 Å². The first-order valence-electron chi connectivity index (χ1n) is 11.8. The summed E-state index contributed by atoms with van der Waals surface area (Å²) in [4.78, 5) is 14.3. The molecule has 0 unspecified atom stereocenters. The summed E-state index contributed by atoms with van der Waals surface area (Å²) in [5, 5.41) is 2.42. The van der Waals surface area contributed by atoms with Gasteiger partial charge in [-0.15, -0.1) is 0 Å². The lowest BCUT2D eigenvalue weighted by molar-refractivity contribution is -0.146. The molecule has 1 atom stereocenters. The summed E-state index contributed by atoms with van der Waals surface area (Å²) in [6, 6.07) is 12.9. The van der Waals surface area contributed by atoms with Crippen molar-refractivity contribution in [1.29, 1.82) is 0 Å². The van der Waals surface area contributed by atoms with Crippen molar-refractivity contribution in [3.8, 4) is 5.75 Å². The lowest BCUT2D eigenvalue weighted by atomic mass is 9.72. The number of methoxy groups -OCH3 is 1. The SMILES string of the molecule is COC(=O)[C@@H]1CCCN1Cc1ccc2cc(O[C@H]3CC[C@H](C(C)(C)C)CC3)ccc2c1. The van der Waals surface area contributed by atoms with Gasteiger partial charge in [0.2, 0.25) is 0 Å². The van der Waals surface area contributed by atoms with Crippen LogP contribution < -0.4 is 4.74 Å². The van der Waals surface area contributed by atoms with Gasteiger partial charge >= 0.3 is 5.97 Å². The van der Waals surface area contributed by atoms with E-state index in [-0.39, 0.29) is 12.0 Å². The highest BCUT2D eigenvalue weighted by Gasteiger charge is 2.32. The Labute approximate surface area is 186 Å². The van der Waals surface area contributed by atoms with Gasteiger partial charge in [0.15, 0.2) is 0 Å². The summed E-state index contributed by atoms with van der Waals surface area (Å²) < 4.78 is 11.3. The van der Waals surface area contributed by atoms with E-state index in [0.29, 0.717) is 11.5 Å². The summed E-state index contributed by atoms with van der Waals surface area (Å²) in [7, 11) is 1.48. The molecule has 1 aliphatic heterocycles. The van der Waals surface area contributed by atoms with Crippen LogP contribution in [0.3, 0.4) is 0 Å². The quantitative estimate of drug-likeness (QED) is 0.556. The van der Waals surface area contributed by atoms with E-state index in [4.69, 9.17) is 9.47 Å². The monoisotopic (exact) mass is 423 g/mol. The van der Waals surface area contributed by atoms with Gasteiger partial charge in [-0.25, -0.2) is 0 Å². The van der Waals surface area contributed by atoms with Crippen LogP contribution in [0, 0.1) is 11.3 Å². The second-order valence-electron chi connectivity index (χ2n) is 10.5. The smallest absolute Gasteiger partial charge is 0.323 e. The van der Waals surface area contributed by atoms with E-state index in [9.17, 15) is 4.79 Å². The minimum Gasteiger partial charge on any atom is -0.490 e. The molecule has 2 fully saturated rings. The van der Waals surface area contributed by atoms with Gasteiger partial charge in [0.25, 0.3) is 0 Å². The Kier molecular flexibility index (Phi) is 6.57. The van der Waals surface area contributed by atoms with Gasteiger partial charge in [0.05, 0.1) is 13.2 Å². The molecule has 2 aliphatic rings. The third kappa shape index (κ3) is 5.23. The van der Waals surface area contributed by atoms with Crippen molar-refractivity contribution in [3.05, 3.63) is 42.0 Å². The van der Waals surface area contributed by atoms with Crippen molar-refractivity contribution < 1.29 is 14.3 Å². The maximum Gasteiger partial charge on any atom is 0.323 e. The largest absolute Gasteiger partial charge is 0.490 e. The van der Waals surface area contributed by atoms with E-state index >= 15 is 0 Å². The molecule has 0 N–H and O–H groups in total. The topological polar surface area (TPSA) is 38.8 Å². The molecule has 31 heavy (non-hydrogen) atoms. The molecular formula is C27H37NO3. The van der Waals surface area contributed by atoms with Crippen molar-refractivity contribution in [2.45, 2.75) is 78.0 Å². The van der Waals surface area contributed by atoms with Crippen molar-refractivity contribution in [3.63, 3.8) is 0 Å². The Morgan fingerprint density at radius 1 is 1.00 bits per heavy atom. The Bertz CT molecular complexity index is 908. The zero-order valence-corrected chi connectivity index (χ0v) is 19.5. The molecule has 0 amide bonds. The predicted molar refractivity (Wildman–Crippen MR) is 125 cm³/mol. The van der Waals surface area contributed by atoms with Crippen LogP contribution in [0.15, 0.2) is 36.4 Å². The van der Waals surface area contributed by atoms with Gasteiger partial charge in [-0.05, 0) is 90.9 Å². The average molecular weight is 424 g/mol. The first-order chi connectivity index (χ1) is 14.8. The minimum absolute atomic E-state index is 0.107. The van der Waals surface area contributed by atoms with Crippen LogP contribution in [0.5, 0.6) is 5.75 Å². The molecule has 4 nitrogen and oxygen atoms in total. The van der Waals surface area contributed by atoms with E-state index in [1.54, 1.807) is 0 Å². The van der Waals surface area contributed by atoms with Crippen LogP contribution >= 0.6 is 0 Å². The molecule has 1 heterocycles. The third-order valence-electron chi connectivity index (χ3n) is 7.30. The van der Waals surface area contributed by atoms with Gasteiger partial charge in [-0.2, -0.15) is 0 Å². The Balaban J connectivity index is 1.39. The molecule has 1 saturated heterocycles. The molecule has 0 bridgehead atoms. The first-order valence-corrected chi connectivity index (χ1v) is 11.8.